The summed E-state index contributed by atoms with van der Waals surface area (Å²) in [6, 6.07) is 5.52. The summed E-state index contributed by atoms with van der Waals surface area (Å²) in [6.45, 7) is 2.14. The summed E-state index contributed by atoms with van der Waals surface area (Å²) in [6.07, 6.45) is 0.937. The number of nitrogens with one attached hydrogen (secondary N) is 1. The fourth-order valence-corrected chi connectivity index (χ4v) is 2.98. The monoisotopic (exact) mass is 332 g/mol. The number of aliphatic carboxylic acids is 1. The van der Waals surface area contributed by atoms with Crippen LogP contribution in [-0.4, -0.2) is 42.1 Å². The van der Waals surface area contributed by atoms with Crippen LogP contribution < -0.4 is 15.0 Å². The van der Waals surface area contributed by atoms with Crippen molar-refractivity contribution < 1.29 is 24.2 Å². The molecule has 7 heteroatoms. The Morgan fingerprint density at radius 2 is 2.08 bits per heavy atom. The summed E-state index contributed by atoms with van der Waals surface area (Å²) in [5.74, 6) is -1.55. The third-order valence-corrected chi connectivity index (χ3v) is 4.64. The van der Waals surface area contributed by atoms with Crippen molar-refractivity contribution in [1.29, 1.82) is 0 Å². The summed E-state index contributed by atoms with van der Waals surface area (Å²) >= 11 is 0. The Balaban J connectivity index is 1.75. The SMILES string of the molecule is COc1ccc(C)cc1N1CC(C(=O)NC2(C(=O)O)CC2)CC1=O. The van der Waals surface area contributed by atoms with Crippen LogP contribution in [0.3, 0.4) is 0 Å². The molecule has 3 rings (SSSR count). The number of carboxylic acid groups (broad SMARTS) is 1. The summed E-state index contributed by atoms with van der Waals surface area (Å²) in [5, 5.41) is 11.8. The second kappa shape index (κ2) is 5.81. The minimum absolute atomic E-state index is 0.0681. The molecule has 2 aliphatic rings. The maximum Gasteiger partial charge on any atom is 0.329 e. The molecule has 2 fully saturated rings. The van der Waals surface area contributed by atoms with E-state index >= 15 is 0 Å². The van der Waals surface area contributed by atoms with Gasteiger partial charge in [-0.1, -0.05) is 6.07 Å². The Bertz CT molecular complexity index is 711. The van der Waals surface area contributed by atoms with Crippen LogP contribution in [0.1, 0.15) is 24.8 Å². The highest BCUT2D eigenvalue weighted by molar-refractivity contribution is 6.02. The zero-order valence-corrected chi connectivity index (χ0v) is 13.7. The quantitative estimate of drug-likeness (QED) is 0.841. The van der Waals surface area contributed by atoms with Crippen molar-refractivity contribution in [3.63, 3.8) is 0 Å². The smallest absolute Gasteiger partial charge is 0.329 e. The molecule has 1 aliphatic heterocycles. The predicted molar refractivity (Wildman–Crippen MR) is 85.9 cm³/mol. The largest absolute Gasteiger partial charge is 0.495 e. The average molecular weight is 332 g/mol. The number of carboxylic acids is 1. The number of aryl methyl sites for hydroxylation is 1. The first-order valence-corrected chi connectivity index (χ1v) is 7.87. The molecule has 1 saturated heterocycles. The van der Waals surface area contributed by atoms with Gasteiger partial charge in [-0.2, -0.15) is 0 Å². The minimum Gasteiger partial charge on any atom is -0.495 e. The first kappa shape index (κ1) is 16.3. The lowest BCUT2D eigenvalue weighted by atomic mass is 10.1. The van der Waals surface area contributed by atoms with Crippen molar-refractivity contribution in [1.82, 2.24) is 5.32 Å². The molecular weight excluding hydrogens is 312 g/mol. The molecule has 2 amide bonds. The second-order valence-corrected chi connectivity index (χ2v) is 6.46. The van der Waals surface area contributed by atoms with Crippen LogP contribution in [0.5, 0.6) is 5.75 Å². The summed E-state index contributed by atoms with van der Waals surface area (Å²) < 4.78 is 5.31. The van der Waals surface area contributed by atoms with E-state index in [1.165, 1.54) is 12.0 Å². The number of hydrogen-bond donors (Lipinski definition) is 2. The molecule has 128 valence electrons. The molecule has 0 spiro atoms. The van der Waals surface area contributed by atoms with E-state index in [1.807, 2.05) is 19.1 Å². The molecule has 7 nitrogen and oxygen atoms in total. The third-order valence-electron chi connectivity index (χ3n) is 4.64. The Morgan fingerprint density at radius 1 is 1.38 bits per heavy atom. The van der Waals surface area contributed by atoms with Crippen molar-refractivity contribution in [3.05, 3.63) is 23.8 Å². The lowest BCUT2D eigenvalue weighted by molar-refractivity contribution is -0.143. The topological polar surface area (TPSA) is 95.9 Å². The summed E-state index contributed by atoms with van der Waals surface area (Å²) in [4.78, 5) is 37.5. The van der Waals surface area contributed by atoms with Crippen LogP contribution in [0.4, 0.5) is 5.69 Å². The number of hydrogen-bond acceptors (Lipinski definition) is 4. The lowest BCUT2D eigenvalue weighted by Gasteiger charge is -2.20. The standard InChI is InChI=1S/C17H20N2O5/c1-10-3-4-13(24-2)12(7-10)19-9-11(8-14(19)20)15(21)18-17(5-6-17)16(22)23/h3-4,7,11H,5-6,8-9H2,1-2H3,(H,18,21)(H,22,23). The molecular formula is C17H20N2O5. The van der Waals surface area contributed by atoms with Crippen molar-refractivity contribution in [3.8, 4) is 5.75 Å². The molecule has 1 aromatic carbocycles. The zero-order chi connectivity index (χ0) is 17.5. The number of carbonyl (C=O) groups excluding carboxylic acids is 2. The normalized spacial score (nSPS) is 21.5. The fraction of sp³-hybridized carbons (Fsp3) is 0.471. The van der Waals surface area contributed by atoms with Gasteiger partial charge in [-0.05, 0) is 37.5 Å². The van der Waals surface area contributed by atoms with Crippen LogP contribution in [0.2, 0.25) is 0 Å². The number of anilines is 1. The Morgan fingerprint density at radius 3 is 2.67 bits per heavy atom. The molecule has 24 heavy (non-hydrogen) atoms. The number of carbonyl (C=O) groups is 3. The maximum atomic E-state index is 12.4. The van der Waals surface area contributed by atoms with Gasteiger partial charge >= 0.3 is 5.97 Å². The molecule has 2 N–H and O–H groups in total. The molecule has 1 unspecified atom stereocenters. The molecule has 1 saturated carbocycles. The number of benzene rings is 1. The second-order valence-electron chi connectivity index (χ2n) is 6.46. The van der Waals surface area contributed by atoms with Crippen LogP contribution >= 0.6 is 0 Å². The van der Waals surface area contributed by atoms with Crippen LogP contribution in [0, 0.1) is 12.8 Å². The highest BCUT2D eigenvalue weighted by Gasteiger charge is 2.53. The highest BCUT2D eigenvalue weighted by Crippen LogP contribution is 2.37. The van der Waals surface area contributed by atoms with Crippen molar-refractivity contribution in [2.45, 2.75) is 31.7 Å². The van der Waals surface area contributed by atoms with Gasteiger partial charge in [0.25, 0.3) is 0 Å². The van der Waals surface area contributed by atoms with E-state index in [4.69, 9.17) is 9.84 Å². The molecule has 0 radical (unpaired) electrons. The third kappa shape index (κ3) is 2.81. The van der Waals surface area contributed by atoms with E-state index in [9.17, 15) is 14.4 Å². The number of rotatable bonds is 5. The van der Waals surface area contributed by atoms with E-state index in [0.29, 0.717) is 24.3 Å². The van der Waals surface area contributed by atoms with Gasteiger partial charge in [0.1, 0.15) is 11.3 Å². The Hall–Kier alpha value is -2.57. The van der Waals surface area contributed by atoms with Crippen LogP contribution in [-0.2, 0) is 14.4 Å². The van der Waals surface area contributed by atoms with Crippen LogP contribution in [0.25, 0.3) is 0 Å². The molecule has 1 atom stereocenters. The van der Waals surface area contributed by atoms with Gasteiger partial charge in [0.2, 0.25) is 11.8 Å². The fourth-order valence-electron chi connectivity index (χ4n) is 2.98. The highest BCUT2D eigenvalue weighted by atomic mass is 16.5. The van der Waals surface area contributed by atoms with E-state index in [-0.39, 0.29) is 24.8 Å². The van der Waals surface area contributed by atoms with Crippen LogP contribution in [0.15, 0.2) is 18.2 Å². The Kier molecular flexibility index (Phi) is 3.95. The molecule has 1 heterocycles. The minimum atomic E-state index is -1.13. The van der Waals surface area contributed by atoms with Gasteiger partial charge < -0.3 is 20.1 Å². The number of methoxy groups -OCH3 is 1. The van der Waals surface area contributed by atoms with E-state index < -0.39 is 17.4 Å². The maximum absolute atomic E-state index is 12.4. The first-order chi connectivity index (χ1) is 11.4. The molecule has 0 aromatic heterocycles. The first-order valence-electron chi connectivity index (χ1n) is 7.87. The van der Waals surface area contributed by atoms with Gasteiger partial charge in [-0.25, -0.2) is 4.79 Å². The zero-order valence-electron chi connectivity index (χ0n) is 13.7. The van der Waals surface area contributed by atoms with Gasteiger partial charge in [0, 0.05) is 13.0 Å². The van der Waals surface area contributed by atoms with Crippen molar-refractivity contribution >= 4 is 23.5 Å². The van der Waals surface area contributed by atoms with E-state index in [2.05, 4.69) is 5.32 Å². The van der Waals surface area contributed by atoms with E-state index in [0.717, 1.165) is 5.56 Å². The Labute approximate surface area is 139 Å². The predicted octanol–water partition coefficient (Wildman–Crippen LogP) is 1.09. The van der Waals surface area contributed by atoms with E-state index in [1.54, 1.807) is 6.07 Å². The van der Waals surface area contributed by atoms with Gasteiger partial charge in [-0.3, -0.25) is 9.59 Å². The lowest BCUT2D eigenvalue weighted by Crippen LogP contribution is -2.46. The number of amides is 2. The van der Waals surface area contributed by atoms with Gasteiger partial charge in [0.15, 0.2) is 0 Å². The molecule has 1 aromatic rings. The van der Waals surface area contributed by atoms with Gasteiger partial charge in [-0.15, -0.1) is 0 Å². The van der Waals surface area contributed by atoms with Crippen molar-refractivity contribution in [2.24, 2.45) is 5.92 Å². The molecule has 0 bridgehead atoms. The average Bonchev–Trinajstić information content (AvgIpc) is 3.22. The summed E-state index contributed by atoms with van der Waals surface area (Å²) in [5.41, 5.74) is 0.487. The molecule has 1 aliphatic carbocycles. The van der Waals surface area contributed by atoms with Gasteiger partial charge in [0.05, 0.1) is 18.7 Å². The summed E-state index contributed by atoms with van der Waals surface area (Å²) in [7, 11) is 1.53. The van der Waals surface area contributed by atoms with Crippen molar-refractivity contribution in [2.75, 3.05) is 18.6 Å². The number of ether oxygens (including phenoxy) is 1. The number of nitrogens with zero attached hydrogens (tertiary/aromatic N) is 1.